The van der Waals surface area contributed by atoms with Gasteiger partial charge in [-0.25, -0.2) is 0 Å². The second kappa shape index (κ2) is 7.41. The van der Waals surface area contributed by atoms with E-state index in [0.29, 0.717) is 6.04 Å². The second-order valence-corrected chi connectivity index (χ2v) is 5.63. The van der Waals surface area contributed by atoms with E-state index < -0.39 is 0 Å². The fourth-order valence-corrected chi connectivity index (χ4v) is 2.61. The zero-order valence-electron chi connectivity index (χ0n) is 12.3. The van der Waals surface area contributed by atoms with Crippen LogP contribution in [0.15, 0.2) is 30.3 Å². The van der Waals surface area contributed by atoms with Gasteiger partial charge < -0.3 is 15.5 Å². The van der Waals surface area contributed by atoms with Crippen LogP contribution in [0.5, 0.6) is 0 Å². The average molecular weight is 275 g/mol. The van der Waals surface area contributed by atoms with Crippen molar-refractivity contribution in [3.05, 3.63) is 35.9 Å². The summed E-state index contributed by atoms with van der Waals surface area (Å²) in [5.41, 5.74) is 6.66. The van der Waals surface area contributed by atoms with Crippen molar-refractivity contribution in [2.45, 2.75) is 25.3 Å². The zero-order chi connectivity index (χ0) is 14.4. The number of nitrogens with zero attached hydrogens (tertiary/aromatic N) is 2. The molecule has 2 N–H and O–H groups in total. The topological polar surface area (TPSA) is 49.6 Å². The molecule has 0 unspecified atom stereocenters. The molecule has 0 bridgehead atoms. The lowest BCUT2D eigenvalue weighted by Crippen LogP contribution is -2.40. The van der Waals surface area contributed by atoms with E-state index in [2.05, 4.69) is 4.90 Å². The summed E-state index contributed by atoms with van der Waals surface area (Å²) in [7, 11) is 1.88. The highest BCUT2D eigenvalue weighted by Gasteiger charge is 2.16. The minimum Gasteiger partial charge on any atom is -0.342 e. The number of carbonyl (C=O) groups excluding carboxylic acids is 1. The number of likely N-dealkylation sites (tertiary alicyclic amines) is 1. The van der Waals surface area contributed by atoms with E-state index in [1.165, 1.54) is 0 Å². The molecule has 1 aromatic carbocycles. The van der Waals surface area contributed by atoms with Crippen molar-refractivity contribution in [1.29, 1.82) is 0 Å². The number of benzene rings is 1. The minimum absolute atomic E-state index is 0.103. The summed E-state index contributed by atoms with van der Waals surface area (Å²) in [6, 6.07) is 9.84. The van der Waals surface area contributed by atoms with Crippen LogP contribution in [-0.4, -0.2) is 55.0 Å². The molecule has 110 valence electrons. The molecule has 0 radical (unpaired) electrons. The molecule has 1 heterocycles. The van der Waals surface area contributed by atoms with Gasteiger partial charge >= 0.3 is 0 Å². The Kier molecular flexibility index (Phi) is 5.56. The van der Waals surface area contributed by atoms with Crippen molar-refractivity contribution in [1.82, 2.24) is 9.80 Å². The predicted octanol–water partition coefficient (Wildman–Crippen LogP) is 1.57. The van der Waals surface area contributed by atoms with Gasteiger partial charge in [0.2, 0.25) is 0 Å². The van der Waals surface area contributed by atoms with E-state index in [0.717, 1.165) is 51.0 Å². The second-order valence-electron chi connectivity index (χ2n) is 5.63. The van der Waals surface area contributed by atoms with Crippen LogP contribution >= 0.6 is 0 Å². The Balaban J connectivity index is 1.70. The van der Waals surface area contributed by atoms with Crippen molar-refractivity contribution in [2.24, 2.45) is 5.73 Å². The molecule has 1 aliphatic heterocycles. The third-order valence-electron chi connectivity index (χ3n) is 3.97. The Bertz CT molecular complexity index is 413. The van der Waals surface area contributed by atoms with Crippen molar-refractivity contribution >= 4 is 5.91 Å². The highest BCUT2D eigenvalue weighted by atomic mass is 16.2. The van der Waals surface area contributed by atoms with Gasteiger partial charge in [0.15, 0.2) is 0 Å². The SMILES string of the molecule is CN(CCCN1CCC(N)CC1)C(=O)c1ccccc1. The van der Waals surface area contributed by atoms with Crippen molar-refractivity contribution in [3.63, 3.8) is 0 Å². The van der Waals surface area contributed by atoms with Crippen LogP contribution in [0.2, 0.25) is 0 Å². The van der Waals surface area contributed by atoms with Crippen molar-refractivity contribution in [3.8, 4) is 0 Å². The van der Waals surface area contributed by atoms with Gasteiger partial charge in [0, 0.05) is 25.2 Å². The van der Waals surface area contributed by atoms with E-state index in [1.54, 1.807) is 0 Å². The fourth-order valence-electron chi connectivity index (χ4n) is 2.61. The first-order valence-corrected chi connectivity index (χ1v) is 7.45. The molecule has 0 aliphatic carbocycles. The molecule has 20 heavy (non-hydrogen) atoms. The van der Waals surface area contributed by atoms with Crippen LogP contribution in [0, 0.1) is 0 Å². The quantitative estimate of drug-likeness (QED) is 0.887. The van der Waals surface area contributed by atoms with Gasteiger partial charge in [-0.05, 0) is 51.0 Å². The zero-order valence-corrected chi connectivity index (χ0v) is 12.3. The molecule has 0 saturated carbocycles. The lowest BCUT2D eigenvalue weighted by Gasteiger charge is -2.30. The van der Waals surface area contributed by atoms with Gasteiger partial charge in [0.05, 0.1) is 0 Å². The Morgan fingerprint density at radius 2 is 1.95 bits per heavy atom. The van der Waals surface area contributed by atoms with E-state index in [1.807, 2.05) is 42.3 Å². The minimum atomic E-state index is 0.103. The molecule has 1 aromatic rings. The third kappa shape index (κ3) is 4.32. The van der Waals surface area contributed by atoms with Crippen LogP contribution in [0.25, 0.3) is 0 Å². The summed E-state index contributed by atoms with van der Waals surface area (Å²) in [6.45, 7) is 4.05. The van der Waals surface area contributed by atoms with Crippen LogP contribution < -0.4 is 5.73 Å². The average Bonchev–Trinajstić information content (AvgIpc) is 2.49. The van der Waals surface area contributed by atoms with Gasteiger partial charge in [-0.1, -0.05) is 18.2 Å². The molecule has 1 aliphatic rings. The van der Waals surface area contributed by atoms with Gasteiger partial charge in [0.1, 0.15) is 0 Å². The van der Waals surface area contributed by atoms with Gasteiger partial charge in [-0.15, -0.1) is 0 Å². The number of amides is 1. The number of hydrogen-bond acceptors (Lipinski definition) is 3. The Hall–Kier alpha value is -1.39. The normalized spacial score (nSPS) is 17.1. The van der Waals surface area contributed by atoms with Crippen molar-refractivity contribution < 1.29 is 4.79 Å². The lowest BCUT2D eigenvalue weighted by atomic mass is 10.1. The molecular formula is C16H25N3O. The Labute approximate surface area is 121 Å². The number of hydrogen-bond donors (Lipinski definition) is 1. The van der Waals surface area contributed by atoms with Crippen molar-refractivity contribution in [2.75, 3.05) is 33.2 Å². The molecule has 1 amide bonds. The maximum absolute atomic E-state index is 12.2. The standard InChI is InChI=1S/C16H25N3O/c1-18(16(20)14-6-3-2-4-7-14)10-5-11-19-12-8-15(17)9-13-19/h2-4,6-7,15H,5,8-13,17H2,1H3. The van der Waals surface area contributed by atoms with E-state index in [-0.39, 0.29) is 5.91 Å². The third-order valence-corrected chi connectivity index (χ3v) is 3.97. The lowest BCUT2D eigenvalue weighted by molar-refractivity contribution is 0.0786. The molecule has 2 rings (SSSR count). The van der Waals surface area contributed by atoms with Crippen LogP contribution in [-0.2, 0) is 0 Å². The molecule has 4 heteroatoms. The summed E-state index contributed by atoms with van der Waals surface area (Å²) < 4.78 is 0. The first-order valence-electron chi connectivity index (χ1n) is 7.45. The van der Waals surface area contributed by atoms with Crippen LogP contribution in [0.3, 0.4) is 0 Å². The molecular weight excluding hydrogens is 250 g/mol. The van der Waals surface area contributed by atoms with Crippen LogP contribution in [0.1, 0.15) is 29.6 Å². The summed E-state index contributed by atoms with van der Waals surface area (Å²) in [5.74, 6) is 0.103. The monoisotopic (exact) mass is 275 g/mol. The van der Waals surface area contributed by atoms with Gasteiger partial charge in [-0.3, -0.25) is 4.79 Å². The largest absolute Gasteiger partial charge is 0.342 e. The highest BCUT2D eigenvalue weighted by Crippen LogP contribution is 2.09. The first kappa shape index (κ1) is 15.0. The molecule has 1 fully saturated rings. The number of carbonyl (C=O) groups is 1. The number of nitrogens with two attached hydrogens (primary N) is 1. The Morgan fingerprint density at radius 1 is 1.30 bits per heavy atom. The Morgan fingerprint density at radius 3 is 2.60 bits per heavy atom. The van der Waals surface area contributed by atoms with Gasteiger partial charge in [0.25, 0.3) is 5.91 Å². The van der Waals surface area contributed by atoms with Gasteiger partial charge in [-0.2, -0.15) is 0 Å². The van der Waals surface area contributed by atoms with E-state index in [4.69, 9.17) is 5.73 Å². The maximum atomic E-state index is 12.2. The summed E-state index contributed by atoms with van der Waals surface area (Å²) in [6.07, 6.45) is 3.21. The summed E-state index contributed by atoms with van der Waals surface area (Å²) >= 11 is 0. The highest BCUT2D eigenvalue weighted by molar-refractivity contribution is 5.93. The first-order chi connectivity index (χ1) is 9.66. The molecule has 0 spiro atoms. The maximum Gasteiger partial charge on any atom is 0.253 e. The summed E-state index contributed by atoms with van der Waals surface area (Å²) in [5, 5.41) is 0. The number of rotatable bonds is 5. The predicted molar refractivity (Wildman–Crippen MR) is 81.7 cm³/mol. The smallest absolute Gasteiger partial charge is 0.253 e. The molecule has 1 saturated heterocycles. The molecule has 0 atom stereocenters. The van der Waals surface area contributed by atoms with E-state index >= 15 is 0 Å². The molecule has 4 nitrogen and oxygen atoms in total. The van der Waals surface area contributed by atoms with Crippen LogP contribution in [0.4, 0.5) is 0 Å². The summed E-state index contributed by atoms with van der Waals surface area (Å²) in [4.78, 5) is 16.4. The molecule has 0 aromatic heterocycles. The number of piperidine rings is 1. The fraction of sp³-hybridized carbons (Fsp3) is 0.562. The van der Waals surface area contributed by atoms with E-state index in [9.17, 15) is 4.79 Å².